The number of carbonyl (C=O) groups excluding carboxylic acids is 2. The molecule has 1 heterocycles. The third kappa shape index (κ3) is 5.28. The first kappa shape index (κ1) is 25.8. The zero-order chi connectivity index (χ0) is 25.0. The fourth-order valence-corrected chi connectivity index (χ4v) is 4.28. The van der Waals surface area contributed by atoms with Crippen LogP contribution in [0.3, 0.4) is 0 Å². The van der Waals surface area contributed by atoms with Crippen molar-refractivity contribution in [3.8, 4) is 0 Å². The van der Waals surface area contributed by atoms with E-state index in [-0.39, 0.29) is 17.3 Å². The second-order valence-corrected chi connectivity index (χ2v) is 8.60. The smallest absolute Gasteiger partial charge is 0.353 e. The molecule has 2 aromatic rings. The molecule has 1 saturated heterocycles. The average Bonchev–Trinajstić information content (AvgIpc) is 2.82. The van der Waals surface area contributed by atoms with E-state index < -0.39 is 11.7 Å². The van der Waals surface area contributed by atoms with Crippen LogP contribution in [-0.2, 0) is 15.8 Å². The number of amides is 2. The summed E-state index contributed by atoms with van der Waals surface area (Å²) in [6.45, 7) is 5.19. The first-order chi connectivity index (χ1) is 16.1. The van der Waals surface area contributed by atoms with Gasteiger partial charge in [0.25, 0.3) is 0 Å². The lowest BCUT2D eigenvalue weighted by molar-refractivity contribution is -0.137. The van der Waals surface area contributed by atoms with Crippen LogP contribution in [-0.4, -0.2) is 61.2 Å². The van der Waals surface area contributed by atoms with Crippen LogP contribution in [0.5, 0.6) is 0 Å². The number of aliphatic imine (C=N–C) groups is 1. The van der Waals surface area contributed by atoms with Gasteiger partial charge >= 0.3 is 6.18 Å². The predicted molar refractivity (Wildman–Crippen MR) is 130 cm³/mol. The number of carbonyl (C=O) groups is 2. The number of para-hydroxylation sites is 1. The molecule has 11 heteroatoms. The van der Waals surface area contributed by atoms with E-state index in [9.17, 15) is 22.8 Å². The Bertz CT molecular complexity index is 1130. The van der Waals surface area contributed by atoms with Gasteiger partial charge in [0, 0.05) is 43.3 Å². The van der Waals surface area contributed by atoms with Crippen molar-refractivity contribution in [3.63, 3.8) is 0 Å². The molecule has 1 fully saturated rings. The molecule has 1 aliphatic rings. The maximum absolute atomic E-state index is 13.7. The van der Waals surface area contributed by atoms with Crippen molar-refractivity contribution in [2.75, 3.05) is 38.1 Å². The predicted octanol–water partition coefficient (Wildman–Crippen LogP) is 5.12. The zero-order valence-electron chi connectivity index (χ0n) is 18.1. The third-order valence-corrected chi connectivity index (χ3v) is 6.59. The summed E-state index contributed by atoms with van der Waals surface area (Å²) in [5, 5.41) is 0.301. The lowest BCUT2D eigenvalue weighted by atomic mass is 10.1. The maximum Gasteiger partial charge on any atom is 0.418 e. The van der Waals surface area contributed by atoms with Gasteiger partial charge in [-0.05, 0) is 46.3 Å². The Hall–Kier alpha value is -2.85. The minimum atomic E-state index is -4.67. The van der Waals surface area contributed by atoms with Gasteiger partial charge in [-0.1, -0.05) is 30.3 Å². The summed E-state index contributed by atoms with van der Waals surface area (Å²) in [5.41, 5.74) is -0.723. The molecular weight excluding hydrogens is 537 g/mol. The quantitative estimate of drug-likeness (QED) is 0.222. The van der Waals surface area contributed by atoms with Crippen LogP contribution in [0.25, 0.3) is 0 Å². The molecule has 3 rings (SSSR count). The molecule has 0 N–H and O–H groups in total. The summed E-state index contributed by atoms with van der Waals surface area (Å²) < 4.78 is 41.5. The highest BCUT2D eigenvalue weighted by Gasteiger charge is 2.36. The topological polar surface area (TPSA) is 56.2 Å². The number of benzene rings is 2. The van der Waals surface area contributed by atoms with E-state index in [1.54, 1.807) is 18.0 Å². The molecule has 0 aliphatic carbocycles. The van der Waals surface area contributed by atoms with Crippen LogP contribution in [0, 0.1) is 0 Å². The molecule has 0 unspecified atom stereocenters. The van der Waals surface area contributed by atoms with Crippen LogP contribution in [0.15, 0.2) is 58.5 Å². The van der Waals surface area contributed by atoms with Gasteiger partial charge in [-0.25, -0.2) is 0 Å². The molecule has 1 aliphatic heterocycles. The van der Waals surface area contributed by atoms with Gasteiger partial charge in [0.15, 0.2) is 0 Å². The second-order valence-electron chi connectivity index (χ2n) is 7.34. The van der Waals surface area contributed by atoms with Crippen molar-refractivity contribution in [3.05, 3.63) is 69.7 Å². The van der Waals surface area contributed by atoms with Crippen LogP contribution in [0.2, 0.25) is 5.02 Å². The van der Waals surface area contributed by atoms with Crippen LogP contribution in [0.4, 0.5) is 24.5 Å². The molecule has 0 bridgehead atoms. The Morgan fingerprint density at radius 2 is 1.76 bits per heavy atom. The lowest BCUT2D eigenvalue weighted by Crippen LogP contribution is -2.50. The number of nitrogens with zero attached hydrogens (tertiary/aromatic N) is 4. The molecule has 0 spiro atoms. The first-order valence-corrected chi connectivity index (χ1v) is 11.3. The zero-order valence-corrected chi connectivity index (χ0v) is 20.5. The number of anilines is 2. The number of alkyl halides is 3. The summed E-state index contributed by atoms with van der Waals surface area (Å²) in [5.74, 6) is 0.254. The number of halogens is 5. The van der Waals surface area contributed by atoms with Crippen LogP contribution < -0.4 is 4.90 Å². The van der Waals surface area contributed by atoms with E-state index in [0.29, 0.717) is 53.5 Å². The molecular formula is C23H21BrClF3N4O2. The molecule has 2 amide bonds. The molecule has 0 radical (unpaired) electrons. The van der Waals surface area contributed by atoms with Gasteiger partial charge in [-0.15, -0.1) is 0 Å². The highest BCUT2D eigenvalue weighted by Crippen LogP contribution is 2.41. The van der Waals surface area contributed by atoms with Gasteiger partial charge in [0.1, 0.15) is 5.84 Å². The van der Waals surface area contributed by atoms with Crippen molar-refractivity contribution < 1.29 is 22.8 Å². The van der Waals surface area contributed by atoms with Gasteiger partial charge < -0.3 is 9.80 Å². The minimum absolute atomic E-state index is 0.174. The van der Waals surface area contributed by atoms with E-state index in [0.717, 1.165) is 11.0 Å². The molecule has 0 saturated carbocycles. The van der Waals surface area contributed by atoms with Crippen molar-refractivity contribution in [2.45, 2.75) is 6.18 Å². The van der Waals surface area contributed by atoms with Gasteiger partial charge in [-0.3, -0.25) is 19.5 Å². The number of rotatable bonds is 5. The number of hydrogen-bond donors (Lipinski definition) is 0. The van der Waals surface area contributed by atoms with E-state index in [4.69, 9.17) is 11.6 Å². The normalized spacial score (nSPS) is 14.7. The van der Waals surface area contributed by atoms with Crippen molar-refractivity contribution >= 4 is 57.1 Å². The largest absolute Gasteiger partial charge is 0.418 e. The van der Waals surface area contributed by atoms with Gasteiger partial charge in [0.2, 0.25) is 12.3 Å². The monoisotopic (exact) mass is 556 g/mol. The summed E-state index contributed by atoms with van der Waals surface area (Å²) in [4.78, 5) is 32.9. The van der Waals surface area contributed by atoms with E-state index in [2.05, 4.69) is 27.5 Å². The summed E-state index contributed by atoms with van der Waals surface area (Å²) in [7, 11) is 1.55. The minimum Gasteiger partial charge on any atom is -0.353 e. The van der Waals surface area contributed by atoms with Gasteiger partial charge in [0.05, 0.1) is 22.0 Å². The maximum atomic E-state index is 13.7. The highest BCUT2D eigenvalue weighted by molar-refractivity contribution is 9.10. The SMILES string of the molecule is C=CC(=O)N1CCN(/C(=N/C)c2cc(Cl)c(Br)cc2N(C=O)c2ccccc2C(F)(F)F)CC1. The average molecular weight is 558 g/mol. The number of piperazine rings is 1. The summed E-state index contributed by atoms with van der Waals surface area (Å²) in [6.07, 6.45) is -3.09. The molecule has 6 nitrogen and oxygen atoms in total. The Morgan fingerprint density at radius 3 is 2.32 bits per heavy atom. The summed E-state index contributed by atoms with van der Waals surface area (Å²) in [6, 6.07) is 7.87. The van der Waals surface area contributed by atoms with Crippen LogP contribution >= 0.6 is 27.5 Å². The Kier molecular flexibility index (Phi) is 8.04. The molecule has 2 aromatic carbocycles. The molecule has 0 aromatic heterocycles. The van der Waals surface area contributed by atoms with Crippen molar-refractivity contribution in [1.29, 1.82) is 0 Å². The fourth-order valence-electron chi connectivity index (χ4n) is 3.78. The molecule has 34 heavy (non-hydrogen) atoms. The summed E-state index contributed by atoms with van der Waals surface area (Å²) >= 11 is 9.64. The lowest BCUT2D eigenvalue weighted by Gasteiger charge is -2.37. The van der Waals surface area contributed by atoms with E-state index in [1.807, 2.05) is 4.90 Å². The number of amidine groups is 1. The van der Waals surface area contributed by atoms with Crippen molar-refractivity contribution in [2.24, 2.45) is 4.99 Å². The third-order valence-electron chi connectivity index (χ3n) is 5.39. The van der Waals surface area contributed by atoms with Crippen molar-refractivity contribution in [1.82, 2.24) is 9.80 Å². The van der Waals surface area contributed by atoms with E-state index >= 15 is 0 Å². The standard InChI is InChI=1S/C23H21BrClF3N4O2/c1-3-21(34)30-8-10-31(11-9-30)22(29-2)15-12-18(25)17(24)13-20(15)32(14-33)19-7-5-4-6-16(19)23(26,27)28/h3-7,12-14H,1,8-11H2,2H3/b29-22+. The van der Waals surface area contributed by atoms with Gasteiger partial charge in [-0.2, -0.15) is 13.2 Å². The highest BCUT2D eigenvalue weighted by atomic mass is 79.9. The molecule has 180 valence electrons. The Morgan fingerprint density at radius 1 is 1.15 bits per heavy atom. The number of hydrogen-bond acceptors (Lipinski definition) is 3. The fraction of sp³-hybridized carbons (Fsp3) is 0.261. The van der Waals surface area contributed by atoms with E-state index in [1.165, 1.54) is 30.3 Å². The molecule has 0 atom stereocenters. The van der Waals surface area contributed by atoms with Crippen LogP contribution in [0.1, 0.15) is 11.1 Å². The Labute approximate surface area is 208 Å². The second kappa shape index (κ2) is 10.6. The first-order valence-electron chi connectivity index (χ1n) is 10.2. The Balaban J connectivity index is 2.09.